The molecule has 0 aliphatic heterocycles. The summed E-state index contributed by atoms with van der Waals surface area (Å²) in [6.07, 6.45) is 3.46. The van der Waals surface area contributed by atoms with Crippen LogP contribution in [0.15, 0.2) is 0 Å². The van der Waals surface area contributed by atoms with Crippen LogP contribution in [0.5, 0.6) is 0 Å². The van der Waals surface area contributed by atoms with E-state index in [-0.39, 0.29) is 0 Å². The van der Waals surface area contributed by atoms with Crippen LogP contribution in [0.3, 0.4) is 0 Å². The fourth-order valence-corrected chi connectivity index (χ4v) is 1.12. The van der Waals surface area contributed by atoms with Gasteiger partial charge in [-0.05, 0) is 0 Å². The molecule has 0 heterocycles. The van der Waals surface area contributed by atoms with Gasteiger partial charge in [-0.15, -0.1) is 0 Å². The molecule has 0 saturated heterocycles. The van der Waals surface area contributed by atoms with Crippen LogP contribution in [0.1, 0.15) is 26.2 Å². The third-order valence-corrected chi connectivity index (χ3v) is 1.83. The van der Waals surface area contributed by atoms with E-state index in [0.29, 0.717) is 6.61 Å². The Bertz CT molecular complexity index is 56.4. The molecule has 0 aliphatic rings. The average Bonchev–Trinajstić information content (AvgIpc) is 1.81. The van der Waals surface area contributed by atoms with Crippen LogP contribution < -0.4 is 0 Å². The van der Waals surface area contributed by atoms with Crippen molar-refractivity contribution < 1.29 is 6.15 Å². The molecule has 0 unspecified atom stereocenters. The van der Waals surface area contributed by atoms with Gasteiger partial charge in [0.1, 0.15) is 0 Å². The summed E-state index contributed by atoms with van der Waals surface area (Å²) in [6.45, 7) is 2.85. The first-order valence-corrected chi connectivity index (χ1v) is 5.23. The zero-order chi connectivity index (χ0) is 6.24. The number of hydrogen-bond donors (Lipinski definition) is 0. The van der Waals surface area contributed by atoms with E-state index in [4.69, 9.17) is 3.07 Å². The first-order chi connectivity index (χ1) is 3.91. The summed E-state index contributed by atoms with van der Waals surface area (Å²) in [5.74, 6) is 0. The van der Waals surface area contributed by atoms with Gasteiger partial charge in [0.15, 0.2) is 0 Å². The van der Waals surface area contributed by atoms with Gasteiger partial charge < -0.3 is 0 Å². The van der Waals surface area contributed by atoms with Crippen molar-refractivity contribution in [3.05, 3.63) is 0 Å². The van der Waals surface area contributed by atoms with Gasteiger partial charge in [0.05, 0.1) is 0 Å². The second kappa shape index (κ2) is 7.56. The fraction of sp³-hybridized carbons (Fsp3) is 1.00. The molecule has 47 valence electrons. The summed E-state index contributed by atoms with van der Waals surface area (Å²) >= 11 is -1.58. The van der Waals surface area contributed by atoms with E-state index in [0.717, 1.165) is 6.42 Å². The molecule has 0 atom stereocenters. The van der Waals surface area contributed by atoms with E-state index in [1.807, 2.05) is 0 Å². The molecule has 8 heavy (non-hydrogen) atoms. The molecule has 3 heteroatoms. The summed E-state index contributed by atoms with van der Waals surface area (Å²) in [7, 11) is 0. The van der Waals surface area contributed by atoms with E-state index < -0.39 is 21.5 Å². The van der Waals surface area contributed by atoms with E-state index in [2.05, 4.69) is 6.92 Å². The predicted octanol–water partition coefficient (Wildman–Crippen LogP) is 1.16. The van der Waals surface area contributed by atoms with Crippen LogP contribution in [-0.2, 0) is 6.15 Å². The van der Waals surface area contributed by atoms with Gasteiger partial charge in [0.25, 0.3) is 0 Å². The van der Waals surface area contributed by atoms with Crippen LogP contribution in [0.25, 0.3) is 0 Å². The Balaban J connectivity index is 2.62. The fourth-order valence-electron chi connectivity index (χ4n) is 0.466. The Hall–Kier alpha value is 0.559. The topological polar surface area (TPSA) is 26.3 Å². The number of unbranched alkanes of at least 4 members (excludes halogenated alkanes) is 2. The molecule has 0 fully saturated rings. The second-order valence-corrected chi connectivity index (χ2v) is 2.94. The van der Waals surface area contributed by atoms with Gasteiger partial charge in [-0.1, -0.05) is 0 Å². The SMILES string of the molecule is CCCCC[O][Sn]=[O]. The third-order valence-electron chi connectivity index (χ3n) is 0.909. The molecule has 0 saturated carbocycles. The standard InChI is InChI=1S/C5H11O.O.Sn/c1-2-3-4-5-6;;/h2-5H2,1H3;;/q-1;;+1. The van der Waals surface area contributed by atoms with Crippen LogP contribution in [0.4, 0.5) is 0 Å². The summed E-state index contributed by atoms with van der Waals surface area (Å²) in [6, 6.07) is 0. The molecule has 0 aromatic rings. The van der Waals surface area contributed by atoms with E-state index >= 15 is 0 Å². The molecule has 0 rings (SSSR count). The summed E-state index contributed by atoms with van der Waals surface area (Å²) < 4.78 is 14.6. The molecule has 1 radical (unpaired) electrons. The van der Waals surface area contributed by atoms with Crippen molar-refractivity contribution in [3.63, 3.8) is 0 Å². The van der Waals surface area contributed by atoms with Crippen LogP contribution in [-0.4, -0.2) is 28.1 Å². The molecule has 0 spiro atoms. The van der Waals surface area contributed by atoms with Crippen LogP contribution >= 0.6 is 0 Å². The van der Waals surface area contributed by atoms with E-state index in [1.54, 1.807) is 0 Å². The molecular formula is C5H11O2Sn. The summed E-state index contributed by atoms with van der Waals surface area (Å²) in [5.41, 5.74) is 0. The quantitative estimate of drug-likeness (QED) is 0.515. The van der Waals surface area contributed by atoms with Crippen molar-refractivity contribution in [2.24, 2.45) is 0 Å². The van der Waals surface area contributed by atoms with Gasteiger partial charge in [-0.3, -0.25) is 0 Å². The van der Waals surface area contributed by atoms with Crippen molar-refractivity contribution in [3.8, 4) is 0 Å². The zero-order valence-corrected chi connectivity index (χ0v) is 8.00. The van der Waals surface area contributed by atoms with Crippen molar-refractivity contribution in [2.45, 2.75) is 26.2 Å². The molecule has 0 bridgehead atoms. The molecule has 2 nitrogen and oxygen atoms in total. The van der Waals surface area contributed by atoms with Crippen molar-refractivity contribution in [1.29, 1.82) is 0 Å². The third kappa shape index (κ3) is 6.56. The average molecular weight is 222 g/mol. The molecule has 0 aliphatic carbocycles. The zero-order valence-electron chi connectivity index (χ0n) is 5.14. The molecule has 0 amide bonds. The normalized spacial score (nSPS) is 9.12. The van der Waals surface area contributed by atoms with Gasteiger partial charge >= 0.3 is 60.5 Å². The Kier molecular flexibility index (Phi) is 8.09. The molecular weight excluding hydrogens is 211 g/mol. The minimum atomic E-state index is -1.58. The van der Waals surface area contributed by atoms with Gasteiger partial charge in [-0.25, -0.2) is 0 Å². The van der Waals surface area contributed by atoms with E-state index in [1.165, 1.54) is 12.8 Å². The summed E-state index contributed by atoms with van der Waals surface area (Å²) in [4.78, 5) is 0. The maximum absolute atomic E-state index is 9.84. The Morgan fingerprint density at radius 1 is 1.50 bits per heavy atom. The number of hydrogen-bond acceptors (Lipinski definition) is 2. The number of rotatable bonds is 5. The molecule has 0 aromatic heterocycles. The van der Waals surface area contributed by atoms with Crippen molar-refractivity contribution >= 4 is 21.5 Å². The van der Waals surface area contributed by atoms with Gasteiger partial charge in [-0.2, -0.15) is 0 Å². The maximum atomic E-state index is 9.84. The van der Waals surface area contributed by atoms with Gasteiger partial charge in [0.2, 0.25) is 0 Å². The van der Waals surface area contributed by atoms with Crippen LogP contribution in [0.2, 0.25) is 0 Å². The first kappa shape index (κ1) is 8.56. The van der Waals surface area contributed by atoms with Crippen molar-refractivity contribution in [2.75, 3.05) is 6.61 Å². The monoisotopic (exact) mass is 223 g/mol. The second-order valence-electron chi connectivity index (χ2n) is 1.64. The summed E-state index contributed by atoms with van der Waals surface area (Å²) in [5, 5.41) is 0. The Morgan fingerprint density at radius 2 is 2.25 bits per heavy atom. The van der Waals surface area contributed by atoms with Gasteiger partial charge in [0, 0.05) is 0 Å². The predicted molar refractivity (Wildman–Crippen MR) is 31.9 cm³/mol. The first-order valence-electron chi connectivity index (χ1n) is 2.90. The molecule has 0 aromatic carbocycles. The van der Waals surface area contributed by atoms with Crippen molar-refractivity contribution in [1.82, 2.24) is 0 Å². The van der Waals surface area contributed by atoms with Crippen LogP contribution in [0, 0.1) is 0 Å². The minimum absolute atomic E-state index is 0.712. The molecule has 0 N–H and O–H groups in total. The Morgan fingerprint density at radius 3 is 2.75 bits per heavy atom. The Labute approximate surface area is 60.8 Å². The van der Waals surface area contributed by atoms with E-state index in [9.17, 15) is 3.08 Å².